The molecule has 2 rings (SSSR count). The van der Waals surface area contributed by atoms with E-state index in [-0.39, 0.29) is 11.2 Å². The zero-order chi connectivity index (χ0) is 13.5. The number of aromatic nitrogens is 1. The summed E-state index contributed by atoms with van der Waals surface area (Å²) in [5.41, 5.74) is 1.00. The lowest BCUT2D eigenvalue weighted by atomic mass is 10.2. The van der Waals surface area contributed by atoms with Crippen LogP contribution in [-0.4, -0.2) is 23.2 Å². The van der Waals surface area contributed by atoms with Gasteiger partial charge >= 0.3 is 6.09 Å². The van der Waals surface area contributed by atoms with Gasteiger partial charge in [-0.15, -0.1) is 0 Å². The summed E-state index contributed by atoms with van der Waals surface area (Å²) in [5, 5.41) is 0.623. The number of halogens is 2. The summed E-state index contributed by atoms with van der Waals surface area (Å²) in [6.07, 6.45) is 0.275. The SMILES string of the molecule is CC(C)(C)OC(=O)N1CCc2c1cc(Cl)nc2Cl. The third-order valence-corrected chi connectivity index (χ3v) is 3.02. The highest BCUT2D eigenvalue weighted by Gasteiger charge is 2.30. The number of nitrogens with zero attached hydrogens (tertiary/aromatic N) is 2. The Bertz CT molecular complexity index is 498. The van der Waals surface area contributed by atoms with Crippen LogP contribution in [0.5, 0.6) is 0 Å². The molecule has 1 aromatic rings. The van der Waals surface area contributed by atoms with Crippen molar-refractivity contribution < 1.29 is 9.53 Å². The van der Waals surface area contributed by atoms with Gasteiger partial charge in [-0.05, 0) is 33.3 Å². The molecule has 0 atom stereocenters. The normalized spacial score (nSPS) is 14.6. The summed E-state index contributed by atoms with van der Waals surface area (Å²) in [5.74, 6) is 0. The molecule has 18 heavy (non-hydrogen) atoms. The highest BCUT2D eigenvalue weighted by atomic mass is 35.5. The molecule has 0 N–H and O–H groups in total. The fourth-order valence-corrected chi connectivity index (χ4v) is 2.34. The number of hydrogen-bond donors (Lipinski definition) is 0. The van der Waals surface area contributed by atoms with E-state index in [1.807, 2.05) is 20.8 Å². The maximum absolute atomic E-state index is 12.0. The third-order valence-electron chi connectivity index (χ3n) is 2.51. The van der Waals surface area contributed by atoms with Crippen molar-refractivity contribution in [1.29, 1.82) is 0 Å². The van der Waals surface area contributed by atoms with Crippen molar-refractivity contribution in [2.24, 2.45) is 0 Å². The molecule has 0 saturated heterocycles. The predicted molar refractivity (Wildman–Crippen MR) is 71.5 cm³/mol. The van der Waals surface area contributed by atoms with E-state index in [1.165, 1.54) is 0 Å². The second-order valence-electron chi connectivity index (χ2n) is 5.12. The van der Waals surface area contributed by atoms with E-state index in [4.69, 9.17) is 27.9 Å². The first-order valence-electron chi connectivity index (χ1n) is 5.63. The number of carbonyl (C=O) groups is 1. The first kappa shape index (κ1) is 13.4. The molecule has 0 unspecified atom stereocenters. The van der Waals surface area contributed by atoms with Crippen LogP contribution < -0.4 is 4.90 Å². The Morgan fingerprint density at radius 3 is 2.72 bits per heavy atom. The Labute approximate surface area is 116 Å². The molecule has 4 nitrogen and oxygen atoms in total. The molecule has 1 aliphatic heterocycles. The lowest BCUT2D eigenvalue weighted by Crippen LogP contribution is -2.35. The van der Waals surface area contributed by atoms with Gasteiger partial charge in [-0.25, -0.2) is 9.78 Å². The van der Waals surface area contributed by atoms with Crippen LogP contribution in [0.15, 0.2) is 6.07 Å². The van der Waals surface area contributed by atoms with Gasteiger partial charge in [0.25, 0.3) is 0 Å². The Morgan fingerprint density at radius 2 is 2.11 bits per heavy atom. The highest BCUT2D eigenvalue weighted by Crippen LogP contribution is 2.35. The van der Waals surface area contributed by atoms with E-state index < -0.39 is 5.60 Å². The molecule has 0 aliphatic carbocycles. The molecule has 98 valence electrons. The van der Waals surface area contributed by atoms with Gasteiger partial charge in [-0.2, -0.15) is 0 Å². The second kappa shape index (κ2) is 4.59. The first-order chi connectivity index (χ1) is 8.28. The highest BCUT2D eigenvalue weighted by molar-refractivity contribution is 6.33. The van der Waals surface area contributed by atoms with Crippen LogP contribution in [0.3, 0.4) is 0 Å². The van der Waals surface area contributed by atoms with Gasteiger partial charge < -0.3 is 4.74 Å². The van der Waals surface area contributed by atoms with Gasteiger partial charge in [0.1, 0.15) is 15.9 Å². The van der Waals surface area contributed by atoms with Crippen molar-refractivity contribution in [3.05, 3.63) is 21.9 Å². The minimum absolute atomic E-state index is 0.272. The van der Waals surface area contributed by atoms with Crippen molar-refractivity contribution >= 4 is 35.0 Å². The average Bonchev–Trinajstić information content (AvgIpc) is 2.58. The standard InChI is InChI=1S/C12H14Cl2N2O2/c1-12(2,3)18-11(17)16-5-4-7-8(16)6-9(13)15-10(7)14/h6H,4-5H2,1-3H3. The molecule has 2 heterocycles. The Morgan fingerprint density at radius 1 is 1.44 bits per heavy atom. The molecule has 0 spiro atoms. The fourth-order valence-electron chi connectivity index (χ4n) is 1.82. The van der Waals surface area contributed by atoms with E-state index in [1.54, 1.807) is 11.0 Å². The van der Waals surface area contributed by atoms with Gasteiger partial charge in [0.15, 0.2) is 0 Å². The number of hydrogen-bond acceptors (Lipinski definition) is 3. The van der Waals surface area contributed by atoms with Crippen LogP contribution in [0.2, 0.25) is 10.3 Å². The largest absolute Gasteiger partial charge is 0.443 e. The smallest absolute Gasteiger partial charge is 0.414 e. The number of ether oxygens (including phenoxy) is 1. The Kier molecular flexibility index (Phi) is 3.43. The summed E-state index contributed by atoms with van der Waals surface area (Å²) in [6, 6.07) is 1.64. The van der Waals surface area contributed by atoms with Crippen LogP contribution in [0.4, 0.5) is 10.5 Å². The number of amides is 1. The van der Waals surface area contributed by atoms with E-state index in [9.17, 15) is 4.79 Å². The molecule has 0 aromatic carbocycles. The van der Waals surface area contributed by atoms with Gasteiger partial charge in [-0.1, -0.05) is 23.2 Å². The van der Waals surface area contributed by atoms with Crippen LogP contribution in [0.25, 0.3) is 0 Å². The predicted octanol–water partition coefficient (Wildman–Crippen LogP) is 3.69. The molecular weight excluding hydrogens is 275 g/mol. The summed E-state index contributed by atoms with van der Waals surface area (Å²) in [4.78, 5) is 17.6. The second-order valence-corrected chi connectivity index (χ2v) is 5.86. The molecular formula is C12H14Cl2N2O2. The average molecular weight is 289 g/mol. The molecule has 6 heteroatoms. The monoisotopic (exact) mass is 288 g/mol. The minimum atomic E-state index is -0.527. The maximum Gasteiger partial charge on any atom is 0.414 e. The van der Waals surface area contributed by atoms with Gasteiger partial charge in [0.2, 0.25) is 0 Å². The Balaban J connectivity index is 2.29. The summed E-state index contributed by atoms with van der Waals surface area (Å²) in [6.45, 7) is 6.02. The molecule has 1 aromatic heterocycles. The molecule has 0 fully saturated rings. The van der Waals surface area contributed by atoms with Crippen molar-refractivity contribution in [2.75, 3.05) is 11.4 Å². The quantitative estimate of drug-likeness (QED) is 0.684. The minimum Gasteiger partial charge on any atom is -0.443 e. The summed E-state index contributed by atoms with van der Waals surface area (Å²) in [7, 11) is 0. The molecule has 1 aliphatic rings. The van der Waals surface area contributed by atoms with Crippen molar-refractivity contribution in [3.8, 4) is 0 Å². The maximum atomic E-state index is 12.0. The van der Waals surface area contributed by atoms with Gasteiger partial charge in [-0.3, -0.25) is 4.90 Å². The molecule has 0 bridgehead atoms. The van der Waals surface area contributed by atoms with Gasteiger partial charge in [0, 0.05) is 12.1 Å². The van der Waals surface area contributed by atoms with E-state index in [2.05, 4.69) is 4.98 Å². The summed E-state index contributed by atoms with van der Waals surface area (Å²) < 4.78 is 5.34. The van der Waals surface area contributed by atoms with Crippen LogP contribution in [0, 0.1) is 0 Å². The number of carbonyl (C=O) groups excluding carboxylic acids is 1. The molecule has 0 saturated carbocycles. The topological polar surface area (TPSA) is 42.4 Å². The number of pyridine rings is 1. The van der Waals surface area contributed by atoms with Crippen molar-refractivity contribution in [3.63, 3.8) is 0 Å². The van der Waals surface area contributed by atoms with E-state index in [0.29, 0.717) is 23.8 Å². The van der Waals surface area contributed by atoms with Crippen molar-refractivity contribution in [1.82, 2.24) is 4.98 Å². The zero-order valence-electron chi connectivity index (χ0n) is 10.5. The van der Waals surface area contributed by atoms with Gasteiger partial charge in [0.05, 0.1) is 5.69 Å². The molecule has 0 radical (unpaired) electrons. The Hall–Kier alpha value is -1.00. The lowest BCUT2D eigenvalue weighted by Gasteiger charge is -2.24. The lowest BCUT2D eigenvalue weighted by molar-refractivity contribution is 0.0584. The van der Waals surface area contributed by atoms with Crippen LogP contribution in [0.1, 0.15) is 26.3 Å². The van der Waals surface area contributed by atoms with E-state index in [0.717, 1.165) is 5.56 Å². The number of rotatable bonds is 0. The fraction of sp³-hybridized carbons (Fsp3) is 0.500. The third kappa shape index (κ3) is 2.70. The van der Waals surface area contributed by atoms with E-state index >= 15 is 0 Å². The zero-order valence-corrected chi connectivity index (χ0v) is 12.0. The first-order valence-corrected chi connectivity index (χ1v) is 6.39. The van der Waals surface area contributed by atoms with Crippen molar-refractivity contribution in [2.45, 2.75) is 32.8 Å². The summed E-state index contributed by atoms with van der Waals surface area (Å²) >= 11 is 11.9. The van der Waals surface area contributed by atoms with Crippen LogP contribution >= 0.6 is 23.2 Å². The number of anilines is 1. The number of fused-ring (bicyclic) bond motifs is 1. The molecule has 1 amide bonds. The van der Waals surface area contributed by atoms with Crippen LogP contribution in [-0.2, 0) is 11.2 Å².